The highest BCUT2D eigenvalue weighted by atomic mass is 32.2. The summed E-state index contributed by atoms with van der Waals surface area (Å²) >= 11 is 0. The van der Waals surface area contributed by atoms with Crippen LogP contribution in [0, 0.1) is 0 Å². The van der Waals surface area contributed by atoms with Crippen molar-refractivity contribution in [3.05, 3.63) is 24.3 Å². The predicted molar refractivity (Wildman–Crippen MR) is 60.2 cm³/mol. The highest BCUT2D eigenvalue weighted by Gasteiger charge is 2.13. The van der Waals surface area contributed by atoms with Crippen molar-refractivity contribution >= 4 is 16.0 Å². The summed E-state index contributed by atoms with van der Waals surface area (Å²) in [4.78, 5) is 10.2. The van der Waals surface area contributed by atoms with E-state index >= 15 is 0 Å². The SMILES string of the molecule is O=C(O)CCCNS(=O)(=O)c1cccc(O)c1. The van der Waals surface area contributed by atoms with Gasteiger partial charge in [0.1, 0.15) is 5.75 Å². The van der Waals surface area contributed by atoms with E-state index in [9.17, 15) is 13.2 Å². The number of hydrogen-bond donors (Lipinski definition) is 3. The second kappa shape index (κ2) is 5.65. The van der Waals surface area contributed by atoms with Crippen molar-refractivity contribution in [2.75, 3.05) is 6.54 Å². The molecule has 0 saturated carbocycles. The van der Waals surface area contributed by atoms with Gasteiger partial charge in [0.25, 0.3) is 0 Å². The molecule has 0 unspecified atom stereocenters. The largest absolute Gasteiger partial charge is 0.508 e. The van der Waals surface area contributed by atoms with Gasteiger partial charge in [-0.1, -0.05) is 6.07 Å². The first-order chi connectivity index (χ1) is 7.92. The highest BCUT2D eigenvalue weighted by molar-refractivity contribution is 7.89. The fourth-order valence-electron chi connectivity index (χ4n) is 1.18. The second-order valence-electron chi connectivity index (χ2n) is 3.39. The zero-order valence-electron chi connectivity index (χ0n) is 8.96. The average Bonchev–Trinajstić information content (AvgIpc) is 2.24. The first kappa shape index (κ1) is 13.5. The molecule has 0 aliphatic heterocycles. The van der Waals surface area contributed by atoms with Crippen molar-refractivity contribution in [1.82, 2.24) is 4.72 Å². The summed E-state index contributed by atoms with van der Waals surface area (Å²) in [5.41, 5.74) is 0. The number of carboxylic acid groups (broad SMARTS) is 1. The van der Waals surface area contributed by atoms with E-state index in [0.29, 0.717) is 0 Å². The molecule has 94 valence electrons. The van der Waals surface area contributed by atoms with Crippen LogP contribution in [0.3, 0.4) is 0 Å². The molecule has 0 saturated heterocycles. The Balaban J connectivity index is 2.60. The monoisotopic (exact) mass is 259 g/mol. The molecule has 1 aromatic carbocycles. The fourth-order valence-corrected chi connectivity index (χ4v) is 2.29. The number of benzene rings is 1. The van der Waals surface area contributed by atoms with Crippen molar-refractivity contribution in [3.63, 3.8) is 0 Å². The van der Waals surface area contributed by atoms with Crippen LogP contribution in [0.1, 0.15) is 12.8 Å². The first-order valence-electron chi connectivity index (χ1n) is 4.92. The molecule has 0 aliphatic rings. The number of phenolic OH excluding ortho intramolecular Hbond substituents is 1. The van der Waals surface area contributed by atoms with Gasteiger partial charge in [-0.25, -0.2) is 13.1 Å². The molecule has 0 aliphatic carbocycles. The molecule has 6 nitrogen and oxygen atoms in total. The second-order valence-corrected chi connectivity index (χ2v) is 5.16. The van der Waals surface area contributed by atoms with Gasteiger partial charge < -0.3 is 10.2 Å². The lowest BCUT2D eigenvalue weighted by Gasteiger charge is -2.06. The van der Waals surface area contributed by atoms with Gasteiger partial charge in [0.05, 0.1) is 4.90 Å². The summed E-state index contributed by atoms with van der Waals surface area (Å²) in [6.07, 6.45) is 0.121. The van der Waals surface area contributed by atoms with Crippen LogP contribution < -0.4 is 4.72 Å². The van der Waals surface area contributed by atoms with Gasteiger partial charge in [-0.15, -0.1) is 0 Å². The maximum absolute atomic E-state index is 11.7. The van der Waals surface area contributed by atoms with Crippen LogP contribution in [0.4, 0.5) is 0 Å². The molecular weight excluding hydrogens is 246 g/mol. The Hall–Kier alpha value is -1.60. The van der Waals surface area contributed by atoms with E-state index in [0.717, 1.165) is 6.07 Å². The van der Waals surface area contributed by atoms with E-state index in [1.807, 2.05) is 0 Å². The van der Waals surface area contributed by atoms with Gasteiger partial charge in [-0.2, -0.15) is 0 Å². The number of nitrogens with one attached hydrogen (secondary N) is 1. The van der Waals surface area contributed by atoms with E-state index in [1.165, 1.54) is 18.2 Å². The fraction of sp³-hybridized carbons (Fsp3) is 0.300. The third-order valence-electron chi connectivity index (χ3n) is 1.99. The molecule has 17 heavy (non-hydrogen) atoms. The molecule has 0 amide bonds. The molecule has 1 aromatic rings. The van der Waals surface area contributed by atoms with Crippen molar-refractivity contribution in [2.24, 2.45) is 0 Å². The van der Waals surface area contributed by atoms with Crippen LogP contribution in [0.2, 0.25) is 0 Å². The van der Waals surface area contributed by atoms with Gasteiger partial charge in [-0.05, 0) is 24.6 Å². The number of sulfonamides is 1. The number of phenols is 1. The van der Waals surface area contributed by atoms with E-state index in [1.54, 1.807) is 0 Å². The Morgan fingerprint density at radius 3 is 2.65 bits per heavy atom. The Labute approximate surface area is 99.0 Å². The third-order valence-corrected chi connectivity index (χ3v) is 3.45. The minimum atomic E-state index is -3.68. The quantitative estimate of drug-likeness (QED) is 0.647. The molecule has 3 N–H and O–H groups in total. The number of rotatable bonds is 6. The predicted octanol–water partition coefficient (Wildman–Crippen LogP) is 0.535. The summed E-state index contributed by atoms with van der Waals surface area (Å²) in [7, 11) is -3.68. The van der Waals surface area contributed by atoms with Crippen LogP contribution in [0.25, 0.3) is 0 Å². The molecule has 0 aromatic heterocycles. The summed E-state index contributed by atoms with van der Waals surface area (Å²) in [6, 6.07) is 5.25. The molecular formula is C10H13NO5S. The number of carboxylic acids is 1. The number of aliphatic carboxylic acids is 1. The molecule has 0 bridgehead atoms. The lowest BCUT2D eigenvalue weighted by atomic mass is 10.3. The van der Waals surface area contributed by atoms with Gasteiger partial charge in [0.15, 0.2) is 0 Å². The molecule has 0 fully saturated rings. The zero-order chi connectivity index (χ0) is 12.9. The first-order valence-corrected chi connectivity index (χ1v) is 6.40. The van der Waals surface area contributed by atoms with Crippen LogP contribution in [0.15, 0.2) is 29.2 Å². The normalized spacial score (nSPS) is 11.3. The number of aromatic hydroxyl groups is 1. The number of hydrogen-bond acceptors (Lipinski definition) is 4. The molecule has 0 atom stereocenters. The maximum Gasteiger partial charge on any atom is 0.303 e. The minimum Gasteiger partial charge on any atom is -0.508 e. The van der Waals surface area contributed by atoms with Crippen LogP contribution in [-0.4, -0.2) is 31.1 Å². The molecule has 0 radical (unpaired) electrons. The van der Waals surface area contributed by atoms with E-state index < -0.39 is 16.0 Å². The third kappa shape index (κ3) is 4.41. The van der Waals surface area contributed by atoms with Gasteiger partial charge in [-0.3, -0.25) is 4.79 Å². The Kier molecular flexibility index (Phi) is 4.47. The zero-order valence-corrected chi connectivity index (χ0v) is 9.77. The topological polar surface area (TPSA) is 104 Å². The van der Waals surface area contributed by atoms with E-state index in [2.05, 4.69) is 4.72 Å². The van der Waals surface area contributed by atoms with Crippen molar-refractivity contribution in [2.45, 2.75) is 17.7 Å². The summed E-state index contributed by atoms with van der Waals surface area (Å²) in [6.45, 7) is 0.0459. The summed E-state index contributed by atoms with van der Waals surface area (Å²) < 4.78 is 25.6. The molecule has 0 heterocycles. The average molecular weight is 259 g/mol. The van der Waals surface area contributed by atoms with Crippen LogP contribution >= 0.6 is 0 Å². The van der Waals surface area contributed by atoms with Gasteiger partial charge >= 0.3 is 5.97 Å². The van der Waals surface area contributed by atoms with Crippen molar-refractivity contribution in [3.8, 4) is 5.75 Å². The Morgan fingerprint density at radius 2 is 2.06 bits per heavy atom. The van der Waals surface area contributed by atoms with Crippen molar-refractivity contribution in [1.29, 1.82) is 0 Å². The summed E-state index contributed by atoms with van der Waals surface area (Å²) in [5.74, 6) is -1.11. The molecule has 1 rings (SSSR count). The van der Waals surface area contributed by atoms with Crippen molar-refractivity contribution < 1.29 is 23.4 Å². The smallest absolute Gasteiger partial charge is 0.303 e. The number of carbonyl (C=O) groups is 1. The molecule has 7 heteroatoms. The lowest BCUT2D eigenvalue weighted by Crippen LogP contribution is -2.25. The Morgan fingerprint density at radius 1 is 1.35 bits per heavy atom. The van der Waals surface area contributed by atoms with Crippen LogP contribution in [0.5, 0.6) is 5.75 Å². The van der Waals surface area contributed by atoms with Gasteiger partial charge in [0, 0.05) is 13.0 Å². The van der Waals surface area contributed by atoms with Gasteiger partial charge in [0.2, 0.25) is 10.0 Å². The van der Waals surface area contributed by atoms with E-state index in [-0.39, 0.29) is 30.0 Å². The van der Waals surface area contributed by atoms with Crippen LogP contribution in [-0.2, 0) is 14.8 Å². The van der Waals surface area contributed by atoms with E-state index in [4.69, 9.17) is 10.2 Å². The standard InChI is InChI=1S/C10H13NO5S/c12-8-3-1-4-9(7-8)17(15,16)11-6-2-5-10(13)14/h1,3-4,7,11-12H,2,5-6H2,(H,13,14). The Bertz CT molecular complexity index is 497. The minimum absolute atomic E-state index is 0.0459. The maximum atomic E-state index is 11.7. The highest BCUT2D eigenvalue weighted by Crippen LogP contribution is 2.15. The summed E-state index contributed by atoms with van der Waals surface area (Å²) in [5, 5.41) is 17.5. The lowest BCUT2D eigenvalue weighted by molar-refractivity contribution is -0.137. The molecule has 0 spiro atoms.